The second-order valence-corrected chi connectivity index (χ2v) is 8.62. The van der Waals surface area contributed by atoms with Crippen molar-refractivity contribution in [3.8, 4) is 0 Å². The van der Waals surface area contributed by atoms with Crippen LogP contribution in [0.3, 0.4) is 0 Å². The van der Waals surface area contributed by atoms with E-state index in [0.717, 1.165) is 5.54 Å². The maximum Gasteiger partial charge on any atom is 0.192 e. The molecule has 0 radical (unpaired) electrons. The second-order valence-electron chi connectivity index (χ2n) is 4.27. The van der Waals surface area contributed by atoms with Gasteiger partial charge >= 0.3 is 0 Å². The lowest BCUT2D eigenvalue weighted by Gasteiger charge is -2.29. The zero-order chi connectivity index (χ0) is 8.48. The molecule has 0 aliphatic carbocycles. The molecule has 1 fully saturated rings. The van der Waals surface area contributed by atoms with Crippen LogP contribution >= 0.6 is 0 Å². The van der Waals surface area contributed by atoms with Crippen molar-refractivity contribution in [3.63, 3.8) is 0 Å². The first-order valence-electron chi connectivity index (χ1n) is 4.72. The molecule has 66 valence electrons. The first kappa shape index (κ1) is 9.27. The van der Waals surface area contributed by atoms with E-state index in [1.165, 1.54) is 18.9 Å². The van der Waals surface area contributed by atoms with Gasteiger partial charge in [0.1, 0.15) is 0 Å². The summed E-state index contributed by atoms with van der Waals surface area (Å²) in [6.07, 6.45) is 3.23. The molecule has 2 heteroatoms. The quantitative estimate of drug-likeness (QED) is 0.581. The molecule has 0 unspecified atom stereocenters. The van der Waals surface area contributed by atoms with Crippen LogP contribution in [0.1, 0.15) is 33.6 Å². The largest absolute Gasteiger partial charge is 0.414 e. The van der Waals surface area contributed by atoms with Gasteiger partial charge in [-0.2, -0.15) is 0 Å². The van der Waals surface area contributed by atoms with Crippen molar-refractivity contribution in [3.05, 3.63) is 0 Å². The third-order valence-electron chi connectivity index (χ3n) is 2.86. The Hall–Kier alpha value is 0.177. The van der Waals surface area contributed by atoms with Gasteiger partial charge in [0.2, 0.25) is 0 Å². The van der Waals surface area contributed by atoms with E-state index in [-0.39, 0.29) is 0 Å². The summed E-state index contributed by atoms with van der Waals surface area (Å²) < 4.78 is 6.05. The molecule has 0 aromatic heterocycles. The van der Waals surface area contributed by atoms with Gasteiger partial charge in [-0.3, -0.25) is 0 Å². The van der Waals surface area contributed by atoms with Crippen LogP contribution in [-0.2, 0) is 4.43 Å². The predicted octanol–water partition coefficient (Wildman–Crippen LogP) is 3.17. The maximum absolute atomic E-state index is 6.05. The van der Waals surface area contributed by atoms with Gasteiger partial charge in [0.25, 0.3) is 0 Å². The van der Waals surface area contributed by atoms with E-state index in [1.807, 2.05) is 0 Å². The van der Waals surface area contributed by atoms with E-state index in [2.05, 4.69) is 27.3 Å². The Balaban J connectivity index is 2.51. The minimum Gasteiger partial charge on any atom is -0.414 e. The van der Waals surface area contributed by atoms with Gasteiger partial charge in [-0.05, 0) is 32.0 Å². The molecule has 1 rings (SSSR count). The lowest BCUT2D eigenvalue weighted by atomic mass is 10.3. The van der Waals surface area contributed by atoms with Crippen LogP contribution in [0, 0.1) is 0 Å². The Bertz CT molecular complexity index is 136. The van der Waals surface area contributed by atoms with Crippen molar-refractivity contribution >= 4 is 8.32 Å². The Morgan fingerprint density at radius 2 is 2.09 bits per heavy atom. The van der Waals surface area contributed by atoms with Gasteiger partial charge < -0.3 is 4.43 Å². The predicted molar refractivity (Wildman–Crippen MR) is 51.3 cm³/mol. The molecule has 1 aliphatic heterocycles. The molecule has 11 heavy (non-hydrogen) atoms. The van der Waals surface area contributed by atoms with Crippen LogP contribution in [0.4, 0.5) is 0 Å². The summed E-state index contributed by atoms with van der Waals surface area (Å²) in [4.78, 5) is 0. The average molecular weight is 172 g/mol. The van der Waals surface area contributed by atoms with E-state index >= 15 is 0 Å². The smallest absolute Gasteiger partial charge is 0.192 e. The Kier molecular flexibility index (Phi) is 2.76. The third-order valence-corrected chi connectivity index (χ3v) is 7.59. The van der Waals surface area contributed by atoms with Crippen LogP contribution in [-0.4, -0.2) is 14.4 Å². The molecule has 0 spiro atoms. The Labute approximate surface area is 71.3 Å². The third kappa shape index (κ3) is 2.06. The molecular formula is C9H20OSi. The monoisotopic (exact) mass is 172 g/mol. The normalized spacial score (nSPS) is 38.5. The molecule has 1 nitrogen and oxygen atoms in total. The molecule has 0 aromatic carbocycles. The van der Waals surface area contributed by atoms with Gasteiger partial charge in [0.15, 0.2) is 8.32 Å². The van der Waals surface area contributed by atoms with Gasteiger partial charge in [-0.1, -0.05) is 19.8 Å². The van der Waals surface area contributed by atoms with Gasteiger partial charge in [0.05, 0.1) is 0 Å². The van der Waals surface area contributed by atoms with E-state index in [0.29, 0.717) is 6.10 Å². The number of hydrogen-bond donors (Lipinski definition) is 0. The van der Waals surface area contributed by atoms with E-state index < -0.39 is 8.32 Å². The molecule has 0 amide bonds. The van der Waals surface area contributed by atoms with Gasteiger partial charge in [-0.25, -0.2) is 0 Å². The van der Waals surface area contributed by atoms with Crippen molar-refractivity contribution in [2.24, 2.45) is 0 Å². The molecule has 0 aromatic rings. The van der Waals surface area contributed by atoms with Crippen LogP contribution in [0.25, 0.3) is 0 Å². The van der Waals surface area contributed by atoms with Gasteiger partial charge in [0, 0.05) is 6.10 Å². The lowest BCUT2D eigenvalue weighted by molar-refractivity contribution is 0.226. The Morgan fingerprint density at radius 3 is 2.45 bits per heavy atom. The SMILES string of the molecule is CC(C)O[Si@]1(C)CCC[C@@H]1C. The molecule has 0 N–H and O–H groups in total. The first-order chi connectivity index (χ1) is 5.04. The highest BCUT2D eigenvalue weighted by atomic mass is 28.4. The Morgan fingerprint density at radius 1 is 1.45 bits per heavy atom. The highest BCUT2D eigenvalue weighted by molar-refractivity contribution is 6.74. The molecule has 1 aliphatic rings. The molecule has 1 saturated heterocycles. The molecular weight excluding hydrogens is 152 g/mol. The first-order valence-corrected chi connectivity index (χ1v) is 7.42. The lowest BCUT2D eigenvalue weighted by Crippen LogP contribution is -2.37. The summed E-state index contributed by atoms with van der Waals surface area (Å²) >= 11 is 0. The second kappa shape index (κ2) is 3.28. The summed E-state index contributed by atoms with van der Waals surface area (Å²) in [5.74, 6) is 0. The van der Waals surface area contributed by atoms with Crippen LogP contribution in [0.15, 0.2) is 0 Å². The number of rotatable bonds is 2. The van der Waals surface area contributed by atoms with Crippen LogP contribution in [0.2, 0.25) is 18.1 Å². The average Bonchev–Trinajstić information content (AvgIpc) is 2.11. The number of hydrogen-bond acceptors (Lipinski definition) is 1. The fraction of sp³-hybridized carbons (Fsp3) is 1.00. The van der Waals surface area contributed by atoms with Crippen molar-refractivity contribution in [2.45, 2.75) is 57.8 Å². The zero-order valence-corrected chi connectivity index (χ0v) is 9.18. The van der Waals surface area contributed by atoms with E-state index in [9.17, 15) is 0 Å². The fourth-order valence-corrected chi connectivity index (χ4v) is 5.67. The standard InChI is InChI=1S/C9H20OSi/c1-8(2)10-11(4)7-5-6-9(11)3/h8-9H,5-7H2,1-4H3/t9-,11+/m0/s1. The highest BCUT2D eigenvalue weighted by Gasteiger charge is 2.40. The topological polar surface area (TPSA) is 9.23 Å². The van der Waals surface area contributed by atoms with E-state index in [4.69, 9.17) is 4.43 Å². The summed E-state index contributed by atoms with van der Waals surface area (Å²) in [5, 5.41) is 0. The zero-order valence-electron chi connectivity index (χ0n) is 8.18. The molecule has 2 atom stereocenters. The van der Waals surface area contributed by atoms with Crippen molar-refractivity contribution in [2.75, 3.05) is 0 Å². The maximum atomic E-state index is 6.05. The minimum atomic E-state index is -1.25. The van der Waals surface area contributed by atoms with Crippen molar-refractivity contribution < 1.29 is 4.43 Å². The summed E-state index contributed by atoms with van der Waals surface area (Å²) in [5.41, 5.74) is 0.880. The van der Waals surface area contributed by atoms with Crippen molar-refractivity contribution in [1.29, 1.82) is 0 Å². The highest BCUT2D eigenvalue weighted by Crippen LogP contribution is 2.40. The molecule has 0 saturated carbocycles. The summed E-state index contributed by atoms with van der Waals surface area (Å²) in [7, 11) is -1.25. The summed E-state index contributed by atoms with van der Waals surface area (Å²) in [6.45, 7) is 9.07. The van der Waals surface area contributed by atoms with E-state index in [1.54, 1.807) is 0 Å². The minimum absolute atomic E-state index is 0.437. The van der Waals surface area contributed by atoms with Gasteiger partial charge in [-0.15, -0.1) is 0 Å². The molecule has 0 bridgehead atoms. The molecule has 1 heterocycles. The van der Waals surface area contributed by atoms with Crippen LogP contribution in [0.5, 0.6) is 0 Å². The van der Waals surface area contributed by atoms with Crippen molar-refractivity contribution in [1.82, 2.24) is 0 Å². The van der Waals surface area contributed by atoms with Crippen LogP contribution < -0.4 is 0 Å². The fourth-order valence-electron chi connectivity index (χ4n) is 2.02. The summed E-state index contributed by atoms with van der Waals surface area (Å²) in [6, 6.07) is 1.38.